The van der Waals surface area contributed by atoms with Crippen LogP contribution in [0.1, 0.15) is 18.1 Å². The number of hydrogen-bond acceptors (Lipinski definition) is 6. The van der Waals surface area contributed by atoms with Gasteiger partial charge in [0, 0.05) is 35.1 Å². The summed E-state index contributed by atoms with van der Waals surface area (Å²) in [6, 6.07) is 21.2. The van der Waals surface area contributed by atoms with Gasteiger partial charge in [-0.25, -0.2) is 4.99 Å². The molecule has 0 radical (unpaired) electrons. The number of amides is 1. The molecule has 1 amide bonds. The predicted molar refractivity (Wildman–Crippen MR) is 142 cm³/mol. The first-order valence-electron chi connectivity index (χ1n) is 11.6. The average Bonchev–Trinajstić information content (AvgIpc) is 3.38. The molecule has 36 heavy (non-hydrogen) atoms. The number of amidine groups is 1. The minimum absolute atomic E-state index is 0.104. The van der Waals surface area contributed by atoms with Crippen molar-refractivity contribution in [1.29, 1.82) is 0 Å². The summed E-state index contributed by atoms with van der Waals surface area (Å²) in [5, 5.41) is 1.56. The summed E-state index contributed by atoms with van der Waals surface area (Å²) in [5.74, 6) is -0.426. The van der Waals surface area contributed by atoms with Gasteiger partial charge >= 0.3 is 5.97 Å². The van der Waals surface area contributed by atoms with Gasteiger partial charge in [-0.3, -0.25) is 19.5 Å². The van der Waals surface area contributed by atoms with Crippen molar-refractivity contribution in [3.8, 4) is 0 Å². The first-order valence-corrected chi connectivity index (χ1v) is 12.4. The highest BCUT2D eigenvalue weighted by Gasteiger charge is 2.34. The maximum atomic E-state index is 13.6. The number of ether oxygens (including phenoxy) is 1. The highest BCUT2D eigenvalue weighted by Crippen LogP contribution is 2.36. The zero-order valence-electron chi connectivity index (χ0n) is 19.7. The summed E-state index contributed by atoms with van der Waals surface area (Å²) in [6.45, 7) is 2.59. The topological polar surface area (TPSA) is 76.8 Å². The summed E-state index contributed by atoms with van der Waals surface area (Å²) in [5.41, 5.74) is 3.45. The number of para-hydroxylation sites is 2. The van der Waals surface area contributed by atoms with Crippen molar-refractivity contribution < 1.29 is 14.3 Å². The van der Waals surface area contributed by atoms with Crippen LogP contribution in [0.3, 0.4) is 0 Å². The van der Waals surface area contributed by atoms with E-state index in [-0.39, 0.29) is 18.4 Å². The van der Waals surface area contributed by atoms with Gasteiger partial charge in [0.1, 0.15) is 6.54 Å². The first-order chi connectivity index (χ1) is 17.6. The number of thioether (sulfide) groups is 1. The second-order valence-electron chi connectivity index (χ2n) is 8.13. The maximum Gasteiger partial charge on any atom is 0.325 e. The number of esters is 1. The molecule has 2 aromatic heterocycles. The third-order valence-corrected chi connectivity index (χ3v) is 6.65. The number of rotatable bonds is 7. The number of carbonyl (C=O) groups excluding carboxylic acids is 2. The molecule has 7 nitrogen and oxygen atoms in total. The number of fused-ring (bicyclic) bond motifs is 1. The molecule has 0 aliphatic carbocycles. The largest absolute Gasteiger partial charge is 0.465 e. The fourth-order valence-corrected chi connectivity index (χ4v) is 5.01. The van der Waals surface area contributed by atoms with Crippen molar-refractivity contribution in [3.05, 3.63) is 101 Å². The van der Waals surface area contributed by atoms with E-state index in [2.05, 4.69) is 4.98 Å². The van der Waals surface area contributed by atoms with Gasteiger partial charge in [-0.1, -0.05) is 42.5 Å². The standard InChI is InChI=1S/C28H24N4O3S/c1-2-35-26(33)19-31-18-21(23-12-6-7-13-24(23)31)15-25-27(34)32(17-20-9-8-14-29-16-20)28(36-25)30-22-10-4-3-5-11-22/h3-16,18H,2,17,19H2,1H3/b25-15+,30-28?. The van der Waals surface area contributed by atoms with Gasteiger partial charge in [0.15, 0.2) is 5.17 Å². The average molecular weight is 497 g/mol. The van der Waals surface area contributed by atoms with Gasteiger partial charge in [-0.15, -0.1) is 0 Å². The van der Waals surface area contributed by atoms with Gasteiger partial charge in [-0.2, -0.15) is 0 Å². The van der Waals surface area contributed by atoms with Crippen LogP contribution < -0.4 is 0 Å². The van der Waals surface area contributed by atoms with Crippen molar-refractivity contribution in [3.63, 3.8) is 0 Å². The van der Waals surface area contributed by atoms with Crippen molar-refractivity contribution >= 4 is 51.5 Å². The summed E-state index contributed by atoms with van der Waals surface area (Å²) >= 11 is 1.34. The molecular formula is C28H24N4O3S. The van der Waals surface area contributed by atoms with E-state index in [0.717, 1.165) is 27.7 Å². The van der Waals surface area contributed by atoms with Crippen molar-refractivity contribution in [2.24, 2.45) is 4.99 Å². The fraction of sp³-hybridized carbons (Fsp3) is 0.143. The highest BCUT2D eigenvalue weighted by atomic mass is 32.2. The Morgan fingerprint density at radius 3 is 2.67 bits per heavy atom. The van der Waals surface area contributed by atoms with Gasteiger partial charge in [0.2, 0.25) is 0 Å². The number of pyridine rings is 1. The minimum Gasteiger partial charge on any atom is -0.465 e. The summed E-state index contributed by atoms with van der Waals surface area (Å²) in [4.78, 5) is 36.9. The molecule has 3 heterocycles. The van der Waals surface area contributed by atoms with E-state index in [4.69, 9.17) is 9.73 Å². The Morgan fingerprint density at radius 2 is 1.89 bits per heavy atom. The lowest BCUT2D eigenvalue weighted by molar-refractivity contribution is -0.143. The number of aliphatic imine (C=N–C) groups is 1. The Labute approximate surface area is 213 Å². The first kappa shape index (κ1) is 23.6. The molecule has 0 N–H and O–H groups in total. The van der Waals surface area contributed by atoms with E-state index in [1.54, 1.807) is 24.2 Å². The quantitative estimate of drug-likeness (QED) is 0.253. The molecule has 1 aliphatic rings. The number of hydrogen-bond donors (Lipinski definition) is 0. The van der Waals surface area contributed by atoms with Crippen LogP contribution in [-0.2, 0) is 27.4 Å². The lowest BCUT2D eigenvalue weighted by atomic mass is 10.1. The van der Waals surface area contributed by atoms with Crippen molar-refractivity contribution in [1.82, 2.24) is 14.5 Å². The minimum atomic E-state index is -0.302. The van der Waals surface area contributed by atoms with Gasteiger partial charge in [-0.05, 0) is 54.6 Å². The van der Waals surface area contributed by atoms with E-state index in [9.17, 15) is 9.59 Å². The van der Waals surface area contributed by atoms with E-state index in [1.807, 2.05) is 83.6 Å². The molecule has 0 atom stereocenters. The highest BCUT2D eigenvalue weighted by molar-refractivity contribution is 8.18. The monoisotopic (exact) mass is 496 g/mol. The molecule has 1 saturated heterocycles. The lowest BCUT2D eigenvalue weighted by Crippen LogP contribution is -2.28. The normalized spacial score (nSPS) is 15.8. The van der Waals surface area contributed by atoms with Crippen LogP contribution >= 0.6 is 11.8 Å². The van der Waals surface area contributed by atoms with Crippen LogP contribution in [0.15, 0.2) is 95.2 Å². The Balaban J connectivity index is 1.52. The molecule has 8 heteroatoms. The Bertz CT molecular complexity index is 1460. The summed E-state index contributed by atoms with van der Waals surface area (Å²) < 4.78 is 6.99. The molecule has 1 fully saturated rings. The van der Waals surface area contributed by atoms with Crippen LogP contribution in [0.4, 0.5) is 5.69 Å². The van der Waals surface area contributed by atoms with Crippen LogP contribution in [0.5, 0.6) is 0 Å². The molecule has 5 rings (SSSR count). The van der Waals surface area contributed by atoms with Gasteiger partial charge in [0.25, 0.3) is 5.91 Å². The number of benzene rings is 2. The lowest BCUT2D eigenvalue weighted by Gasteiger charge is -2.15. The zero-order chi connectivity index (χ0) is 24.9. The molecule has 1 aliphatic heterocycles. The van der Waals surface area contributed by atoms with Crippen LogP contribution in [0.2, 0.25) is 0 Å². The Kier molecular flexibility index (Phi) is 6.95. The van der Waals surface area contributed by atoms with E-state index < -0.39 is 0 Å². The zero-order valence-corrected chi connectivity index (χ0v) is 20.5. The molecule has 2 aromatic carbocycles. The molecule has 0 bridgehead atoms. The summed E-state index contributed by atoms with van der Waals surface area (Å²) in [6.07, 6.45) is 7.23. The predicted octanol–water partition coefficient (Wildman–Crippen LogP) is 5.40. The number of carbonyl (C=O) groups is 2. The van der Waals surface area contributed by atoms with Crippen LogP contribution in [0.25, 0.3) is 17.0 Å². The van der Waals surface area contributed by atoms with Crippen LogP contribution in [-0.4, -0.2) is 38.1 Å². The molecule has 180 valence electrons. The van der Waals surface area contributed by atoms with E-state index in [1.165, 1.54) is 11.8 Å². The molecule has 0 saturated carbocycles. The van der Waals surface area contributed by atoms with E-state index >= 15 is 0 Å². The van der Waals surface area contributed by atoms with Gasteiger partial charge in [0.05, 0.1) is 23.7 Å². The van der Waals surface area contributed by atoms with E-state index in [0.29, 0.717) is 23.2 Å². The maximum absolute atomic E-state index is 13.6. The third kappa shape index (κ3) is 5.08. The Hall–Kier alpha value is -4.17. The summed E-state index contributed by atoms with van der Waals surface area (Å²) in [7, 11) is 0. The van der Waals surface area contributed by atoms with Crippen molar-refractivity contribution in [2.45, 2.75) is 20.0 Å². The number of aromatic nitrogens is 2. The number of nitrogens with zero attached hydrogens (tertiary/aromatic N) is 4. The molecule has 4 aromatic rings. The third-order valence-electron chi connectivity index (χ3n) is 5.64. The van der Waals surface area contributed by atoms with Gasteiger partial charge < -0.3 is 9.30 Å². The smallest absolute Gasteiger partial charge is 0.325 e. The Morgan fingerprint density at radius 1 is 1.08 bits per heavy atom. The SMILES string of the molecule is CCOC(=O)Cn1cc(/C=C2/SC(=Nc3ccccc3)N(Cc3cccnc3)C2=O)c2ccccc21. The molecule has 0 spiro atoms. The second kappa shape index (κ2) is 10.6. The van der Waals surface area contributed by atoms with Crippen LogP contribution in [0, 0.1) is 0 Å². The second-order valence-corrected chi connectivity index (χ2v) is 9.14. The molecule has 0 unspecified atom stereocenters. The fourth-order valence-electron chi connectivity index (χ4n) is 4.03. The molecular weight excluding hydrogens is 472 g/mol. The van der Waals surface area contributed by atoms with Crippen molar-refractivity contribution in [2.75, 3.05) is 6.61 Å².